The molecule has 0 heterocycles. The Bertz CT molecular complexity index is 625. The van der Waals surface area contributed by atoms with Crippen molar-refractivity contribution in [3.8, 4) is 0 Å². The molecule has 0 fully saturated rings. The van der Waals surface area contributed by atoms with Crippen LogP contribution in [-0.2, 0) is 15.2 Å². The van der Waals surface area contributed by atoms with Gasteiger partial charge in [0, 0.05) is 0 Å². The summed E-state index contributed by atoms with van der Waals surface area (Å²) < 4.78 is 10.4. The van der Waals surface area contributed by atoms with Crippen molar-refractivity contribution in [3.05, 3.63) is 24.3 Å². The number of carbonyl (C=O) groups is 2. The summed E-state index contributed by atoms with van der Waals surface area (Å²) in [7, 11) is 0. The van der Waals surface area contributed by atoms with E-state index in [1.54, 1.807) is 0 Å². The molecule has 0 saturated carbocycles. The molecule has 0 aromatic carbocycles. The van der Waals surface area contributed by atoms with Gasteiger partial charge in [-0.25, -0.2) is 0 Å². The zero-order valence-corrected chi connectivity index (χ0v) is 31.3. The normalized spacial score (nSPS) is 13.1. The smallest absolute Gasteiger partial charge is 0.393 e. The van der Waals surface area contributed by atoms with Crippen LogP contribution in [0.3, 0.4) is 0 Å². The van der Waals surface area contributed by atoms with E-state index in [1.807, 2.05) is 0 Å². The molecule has 0 rings (SSSR count). The van der Waals surface area contributed by atoms with Gasteiger partial charge in [0.2, 0.25) is 0 Å². The van der Waals surface area contributed by atoms with E-state index in [1.165, 1.54) is 38.5 Å². The van der Waals surface area contributed by atoms with Crippen LogP contribution in [0.4, 0.5) is 0 Å². The van der Waals surface area contributed by atoms with Gasteiger partial charge < -0.3 is 10.2 Å². The summed E-state index contributed by atoms with van der Waals surface area (Å²) >= 11 is -1.96. The molecule has 0 saturated heterocycles. The molecular weight excluding hydrogens is 737 g/mol. The topological polar surface area (TPSA) is 93.1 Å². The minimum Gasteiger partial charge on any atom is -0.393 e. The van der Waals surface area contributed by atoms with E-state index >= 15 is 0 Å². The molecule has 2 atom stereocenters. The summed E-state index contributed by atoms with van der Waals surface area (Å²) in [6.07, 6.45) is 34.6. The molecule has 0 amide bonds. The van der Waals surface area contributed by atoms with Gasteiger partial charge in [0.25, 0.3) is 0 Å². The Morgan fingerprint density at radius 1 is 0.535 bits per heavy atom. The molecule has 0 aliphatic heterocycles. The van der Waals surface area contributed by atoms with Crippen molar-refractivity contribution < 1.29 is 25.4 Å². The van der Waals surface area contributed by atoms with Crippen LogP contribution >= 0.6 is 0 Å². The van der Waals surface area contributed by atoms with Gasteiger partial charge in [0.1, 0.15) is 0 Å². The Labute approximate surface area is 277 Å². The van der Waals surface area contributed by atoms with E-state index in [9.17, 15) is 19.8 Å². The van der Waals surface area contributed by atoms with Crippen molar-refractivity contribution in [2.45, 2.75) is 193 Å². The minimum atomic E-state index is -1.96. The molecule has 0 aliphatic rings. The van der Waals surface area contributed by atoms with Crippen LogP contribution in [0.1, 0.15) is 181 Å². The second-order valence-corrected chi connectivity index (χ2v) is 14.0. The molecule has 1 radical (unpaired) electrons. The number of allylic oxidation sites excluding steroid dienone is 2. The van der Waals surface area contributed by atoms with Gasteiger partial charge in [-0.1, -0.05) is 65.2 Å². The Kier molecular flexibility index (Phi) is 33.5. The predicted octanol–water partition coefficient (Wildman–Crippen LogP) is 9.62. The van der Waals surface area contributed by atoms with Gasteiger partial charge in [0.05, 0.1) is 12.2 Å². The molecule has 0 spiro atoms. The third kappa shape index (κ3) is 33.9. The van der Waals surface area contributed by atoms with Gasteiger partial charge >= 0.3 is 178 Å². The monoisotopic (exact) mass is 803 g/mol. The molecule has 0 aromatic heterocycles. The zero-order valence-electron chi connectivity index (χ0n) is 27.8. The molecule has 0 aliphatic carbocycles. The van der Waals surface area contributed by atoms with Crippen LogP contribution in [-0.4, -0.2) is 58.5 Å². The predicted molar refractivity (Wildman–Crippen MR) is 180 cm³/mol. The Morgan fingerprint density at radius 3 is 1.33 bits per heavy atom. The van der Waals surface area contributed by atoms with Crippen LogP contribution < -0.4 is 0 Å². The summed E-state index contributed by atoms with van der Waals surface area (Å²) in [6.45, 7) is 4.40. The van der Waals surface area contributed by atoms with Crippen molar-refractivity contribution >= 4 is 36.1 Å². The van der Waals surface area contributed by atoms with Crippen LogP contribution in [0.5, 0.6) is 0 Å². The van der Waals surface area contributed by atoms with Crippen molar-refractivity contribution in [1.82, 2.24) is 0 Å². The zero-order chi connectivity index (χ0) is 31.6. The Hall–Kier alpha value is -0.777. The van der Waals surface area contributed by atoms with E-state index in [2.05, 4.69) is 38.2 Å². The second-order valence-electron chi connectivity index (χ2n) is 12.0. The van der Waals surface area contributed by atoms with Gasteiger partial charge in [0.15, 0.2) is 0 Å². The van der Waals surface area contributed by atoms with Gasteiger partial charge in [-0.15, -0.1) is 0 Å². The van der Waals surface area contributed by atoms with Crippen LogP contribution in [0.15, 0.2) is 24.3 Å². The number of aliphatic hydroxyl groups excluding tert-OH is 2. The number of unbranched alkanes of at least 4 members (excludes halogenated alkanes) is 16. The number of rotatable bonds is 32. The third-order valence-electron chi connectivity index (χ3n) is 7.71. The van der Waals surface area contributed by atoms with E-state index < -0.39 is 24.1 Å². The first-order valence-corrected chi connectivity index (χ1v) is 20.6. The molecule has 7 heteroatoms. The minimum absolute atomic E-state index is 0.198. The maximum absolute atomic E-state index is 11.9. The molecule has 43 heavy (non-hydrogen) atoms. The van der Waals surface area contributed by atoms with Crippen molar-refractivity contribution in [1.29, 1.82) is 0 Å². The summed E-state index contributed by atoms with van der Waals surface area (Å²) in [5.41, 5.74) is 0. The fraction of sp³-hybridized carbons (Fsp3) is 0.833. The van der Waals surface area contributed by atoms with Gasteiger partial charge in [-0.3, -0.25) is 0 Å². The Morgan fingerprint density at radius 2 is 0.907 bits per heavy atom. The van der Waals surface area contributed by atoms with E-state index in [4.69, 9.17) is 5.63 Å². The van der Waals surface area contributed by atoms with E-state index in [-0.39, 0.29) is 24.1 Å². The molecular formula is C36H66BiO6. The number of hydrogen-bond donors (Lipinski definition) is 2. The fourth-order valence-corrected chi connectivity index (χ4v) is 6.41. The average Bonchev–Trinajstić information content (AvgIpc) is 2.99. The van der Waals surface area contributed by atoms with Crippen LogP contribution in [0.2, 0.25) is 0 Å². The summed E-state index contributed by atoms with van der Waals surface area (Å²) in [4.78, 5) is 23.8. The molecule has 2 N–H and O–H groups in total. The molecule has 2 unspecified atom stereocenters. The average molecular weight is 804 g/mol. The van der Waals surface area contributed by atoms with E-state index in [0.29, 0.717) is 12.8 Å². The van der Waals surface area contributed by atoms with Crippen molar-refractivity contribution in [2.24, 2.45) is 0 Å². The van der Waals surface area contributed by atoms with Crippen molar-refractivity contribution in [3.63, 3.8) is 0 Å². The molecule has 251 valence electrons. The SMILES string of the molecule is CCCCCCC(O)C/C=C/CCCCCCCC(=O)[O][Bi][O]C(=O)CCCCCCC/C=C/CC(O)CCCCCC. The van der Waals surface area contributed by atoms with Gasteiger partial charge in [-0.2, -0.15) is 0 Å². The molecule has 0 bridgehead atoms. The Balaban J connectivity index is 3.45. The first-order valence-electron chi connectivity index (χ1n) is 17.8. The molecule has 6 nitrogen and oxygen atoms in total. The first kappa shape index (κ1) is 42.2. The van der Waals surface area contributed by atoms with Crippen LogP contribution in [0.25, 0.3) is 0 Å². The summed E-state index contributed by atoms with van der Waals surface area (Å²) in [5, 5.41) is 20.0. The van der Waals surface area contributed by atoms with Gasteiger partial charge in [-0.05, 0) is 12.8 Å². The number of hydrogen-bond acceptors (Lipinski definition) is 6. The quantitative estimate of drug-likeness (QED) is 0.0400. The third-order valence-corrected chi connectivity index (χ3v) is 9.88. The molecule has 0 aromatic rings. The summed E-state index contributed by atoms with van der Waals surface area (Å²) in [6, 6.07) is 0. The fourth-order valence-electron chi connectivity index (χ4n) is 4.91. The van der Waals surface area contributed by atoms with Crippen molar-refractivity contribution in [2.75, 3.05) is 0 Å². The standard InChI is InChI=1S/2C18H34O3.Bi/c2*1-2-3-4-11-14-17(19)15-12-9-7-5-6-8-10-13-16-18(20)21;/h2*9,12,17,19H,2-8,10-11,13-16H2,1H3,(H,20,21);/q;;+2/p-2/b2*12-9+;. The van der Waals surface area contributed by atoms with E-state index in [0.717, 1.165) is 116 Å². The second kappa shape index (κ2) is 34.1. The first-order chi connectivity index (χ1) is 21.0. The summed E-state index contributed by atoms with van der Waals surface area (Å²) in [5.74, 6) is -0.452. The number of carbonyl (C=O) groups excluding carboxylic acids is 2. The van der Waals surface area contributed by atoms with Crippen LogP contribution in [0, 0.1) is 0 Å². The number of aliphatic hydroxyl groups is 2. The maximum atomic E-state index is 11.9.